The first-order valence-electron chi connectivity index (χ1n) is 4.37. The van der Waals surface area contributed by atoms with Crippen molar-refractivity contribution in [1.29, 1.82) is 0 Å². The fourth-order valence-corrected chi connectivity index (χ4v) is 1.58. The van der Waals surface area contributed by atoms with E-state index in [4.69, 9.17) is 10.8 Å². The van der Waals surface area contributed by atoms with Crippen molar-refractivity contribution in [2.75, 3.05) is 13.2 Å². The molecule has 1 heterocycles. The van der Waals surface area contributed by atoms with Crippen LogP contribution in [-0.4, -0.2) is 57.9 Å². The molecule has 1 saturated heterocycles. The van der Waals surface area contributed by atoms with Gasteiger partial charge in [-0.25, -0.2) is 5.01 Å². The maximum absolute atomic E-state index is 9.45. The Kier molecular flexibility index (Phi) is 3.60. The lowest BCUT2D eigenvalue weighted by molar-refractivity contribution is 0.0154. The highest BCUT2D eigenvalue weighted by atomic mass is 16.3. The van der Waals surface area contributed by atoms with E-state index in [9.17, 15) is 10.2 Å². The van der Waals surface area contributed by atoms with Gasteiger partial charge in [0.05, 0.1) is 12.6 Å². The van der Waals surface area contributed by atoms with Crippen molar-refractivity contribution < 1.29 is 15.3 Å². The second kappa shape index (κ2) is 4.32. The van der Waals surface area contributed by atoms with E-state index in [1.54, 1.807) is 0 Å². The zero-order valence-corrected chi connectivity index (χ0v) is 7.59. The summed E-state index contributed by atoms with van der Waals surface area (Å²) in [6.07, 6.45) is -2.69. The second-order valence-electron chi connectivity index (χ2n) is 3.14. The summed E-state index contributed by atoms with van der Waals surface area (Å²) in [5.41, 5.74) is 8.49. The molecule has 0 aromatic carbocycles. The van der Waals surface area contributed by atoms with Gasteiger partial charge in [-0.05, 0) is 0 Å². The highest BCUT2D eigenvalue weighted by Gasteiger charge is 2.45. The number of nitrogens with one attached hydrogen (secondary N) is 1. The molecule has 0 spiro atoms. The van der Waals surface area contributed by atoms with Crippen LogP contribution in [-0.2, 0) is 0 Å². The molecule has 0 aliphatic carbocycles. The molecule has 1 unspecified atom stereocenters. The Hall–Kier alpha value is -0.240. The van der Waals surface area contributed by atoms with Crippen LogP contribution in [0.2, 0.25) is 0 Å². The van der Waals surface area contributed by atoms with Crippen molar-refractivity contribution in [1.82, 2.24) is 10.4 Å². The molecule has 6 N–H and O–H groups in total. The molecule has 1 aliphatic heterocycles. The number of aliphatic hydroxyl groups is 3. The number of nitrogens with zero attached hydrogens (tertiary/aromatic N) is 1. The van der Waals surface area contributed by atoms with Gasteiger partial charge in [0.1, 0.15) is 18.4 Å². The van der Waals surface area contributed by atoms with Gasteiger partial charge >= 0.3 is 0 Å². The molecule has 0 aromatic heterocycles. The van der Waals surface area contributed by atoms with Crippen molar-refractivity contribution in [3.63, 3.8) is 0 Å². The highest BCUT2D eigenvalue weighted by Crippen LogP contribution is 2.19. The standard InChI is InChI=1S/C7H17N3O3/c1-2-9-10-4(3-11)5(12)6(13)7(10)8/h4-7,9,11-13H,2-3,8H2,1H3/t4-,5-,6+,7?/m1/s1. The SMILES string of the molecule is CCNN1C(N)[C@@H](O)[C@H](O)[C@H]1CO. The van der Waals surface area contributed by atoms with Crippen molar-refractivity contribution in [2.24, 2.45) is 5.73 Å². The molecular weight excluding hydrogens is 174 g/mol. The Morgan fingerprint density at radius 1 is 1.38 bits per heavy atom. The smallest absolute Gasteiger partial charge is 0.111 e. The van der Waals surface area contributed by atoms with E-state index in [0.29, 0.717) is 6.54 Å². The van der Waals surface area contributed by atoms with E-state index < -0.39 is 24.4 Å². The maximum atomic E-state index is 9.45. The van der Waals surface area contributed by atoms with E-state index in [1.165, 1.54) is 5.01 Å². The summed E-state index contributed by atoms with van der Waals surface area (Å²) in [5, 5.41) is 29.3. The van der Waals surface area contributed by atoms with Crippen LogP contribution in [0.25, 0.3) is 0 Å². The first-order valence-corrected chi connectivity index (χ1v) is 4.37. The molecule has 1 fully saturated rings. The normalized spacial score (nSPS) is 41.3. The first kappa shape index (κ1) is 10.8. The summed E-state index contributed by atoms with van der Waals surface area (Å²) in [6.45, 7) is 2.26. The monoisotopic (exact) mass is 191 g/mol. The van der Waals surface area contributed by atoms with Crippen LogP contribution in [0.5, 0.6) is 0 Å². The summed E-state index contributed by atoms with van der Waals surface area (Å²) in [6, 6.07) is -0.537. The average molecular weight is 191 g/mol. The lowest BCUT2D eigenvalue weighted by atomic mass is 10.1. The number of nitrogens with two attached hydrogens (primary N) is 1. The lowest BCUT2D eigenvalue weighted by Gasteiger charge is -2.26. The summed E-state index contributed by atoms with van der Waals surface area (Å²) in [4.78, 5) is 0. The van der Waals surface area contributed by atoms with Gasteiger partial charge in [0.2, 0.25) is 0 Å². The number of hydrogen-bond acceptors (Lipinski definition) is 6. The summed E-state index contributed by atoms with van der Waals surface area (Å²) in [5.74, 6) is 0. The molecule has 4 atom stereocenters. The predicted molar refractivity (Wildman–Crippen MR) is 46.4 cm³/mol. The Bertz CT molecular complexity index is 169. The number of hydrogen-bond donors (Lipinski definition) is 5. The fourth-order valence-electron chi connectivity index (χ4n) is 1.58. The summed E-state index contributed by atoms with van der Waals surface area (Å²) >= 11 is 0. The molecule has 6 nitrogen and oxygen atoms in total. The van der Waals surface area contributed by atoms with Gasteiger partial charge < -0.3 is 21.1 Å². The maximum Gasteiger partial charge on any atom is 0.111 e. The second-order valence-corrected chi connectivity index (χ2v) is 3.14. The Morgan fingerprint density at radius 3 is 2.46 bits per heavy atom. The van der Waals surface area contributed by atoms with Crippen LogP contribution in [0.4, 0.5) is 0 Å². The van der Waals surface area contributed by atoms with Crippen LogP contribution in [0.15, 0.2) is 0 Å². The molecule has 13 heavy (non-hydrogen) atoms. The minimum Gasteiger partial charge on any atom is -0.395 e. The fraction of sp³-hybridized carbons (Fsp3) is 1.00. The van der Waals surface area contributed by atoms with E-state index in [1.807, 2.05) is 6.92 Å². The van der Waals surface area contributed by atoms with Gasteiger partial charge in [0, 0.05) is 6.54 Å². The van der Waals surface area contributed by atoms with Crippen molar-refractivity contribution in [2.45, 2.75) is 31.3 Å². The zero-order chi connectivity index (χ0) is 10.0. The topological polar surface area (TPSA) is 102 Å². The predicted octanol–water partition coefficient (Wildman–Crippen LogP) is -2.81. The Balaban J connectivity index is 2.68. The third-order valence-electron chi connectivity index (χ3n) is 2.30. The van der Waals surface area contributed by atoms with E-state index in [2.05, 4.69) is 5.43 Å². The summed E-state index contributed by atoms with van der Waals surface area (Å²) in [7, 11) is 0. The van der Waals surface area contributed by atoms with Gasteiger partial charge in [-0.3, -0.25) is 5.43 Å². The van der Waals surface area contributed by atoms with Crippen LogP contribution >= 0.6 is 0 Å². The molecule has 1 rings (SSSR count). The minimum absolute atomic E-state index is 0.237. The molecule has 0 amide bonds. The lowest BCUT2D eigenvalue weighted by Crippen LogP contribution is -2.53. The number of rotatable bonds is 3. The third kappa shape index (κ3) is 1.83. The number of hydrazine groups is 1. The molecule has 0 saturated carbocycles. The molecule has 0 radical (unpaired) electrons. The first-order chi connectivity index (χ1) is 6.13. The van der Waals surface area contributed by atoms with Gasteiger partial charge in [0.25, 0.3) is 0 Å². The average Bonchev–Trinajstić information content (AvgIpc) is 2.32. The largest absolute Gasteiger partial charge is 0.395 e. The minimum atomic E-state index is -1.02. The molecule has 78 valence electrons. The Labute approximate surface area is 76.9 Å². The molecular formula is C7H17N3O3. The van der Waals surface area contributed by atoms with Crippen molar-refractivity contribution >= 4 is 0 Å². The quantitative estimate of drug-likeness (QED) is 0.330. The van der Waals surface area contributed by atoms with Crippen LogP contribution in [0, 0.1) is 0 Å². The van der Waals surface area contributed by atoms with Gasteiger partial charge in [0.15, 0.2) is 0 Å². The molecule has 6 heteroatoms. The molecule has 0 bridgehead atoms. The van der Waals surface area contributed by atoms with Gasteiger partial charge in [-0.2, -0.15) is 0 Å². The Morgan fingerprint density at radius 2 is 2.00 bits per heavy atom. The third-order valence-corrected chi connectivity index (χ3v) is 2.30. The van der Waals surface area contributed by atoms with Crippen molar-refractivity contribution in [3.8, 4) is 0 Å². The molecule has 0 aromatic rings. The van der Waals surface area contributed by atoms with E-state index in [0.717, 1.165) is 0 Å². The van der Waals surface area contributed by atoms with Crippen LogP contribution in [0.1, 0.15) is 6.92 Å². The zero-order valence-electron chi connectivity index (χ0n) is 7.59. The summed E-state index contributed by atoms with van der Waals surface area (Å²) < 4.78 is 0. The number of aliphatic hydroxyl groups excluding tert-OH is 3. The van der Waals surface area contributed by atoms with Gasteiger partial charge in [-0.15, -0.1) is 0 Å². The molecule has 1 aliphatic rings. The van der Waals surface area contributed by atoms with Crippen molar-refractivity contribution in [3.05, 3.63) is 0 Å². The van der Waals surface area contributed by atoms with E-state index >= 15 is 0 Å². The highest BCUT2D eigenvalue weighted by molar-refractivity contribution is 4.96. The van der Waals surface area contributed by atoms with E-state index in [-0.39, 0.29) is 6.61 Å². The van der Waals surface area contributed by atoms with Crippen LogP contribution in [0.3, 0.4) is 0 Å². The van der Waals surface area contributed by atoms with Crippen LogP contribution < -0.4 is 11.2 Å². The van der Waals surface area contributed by atoms with Gasteiger partial charge in [-0.1, -0.05) is 6.92 Å².